The number of amides is 1. The molecule has 3 nitrogen and oxygen atoms in total. The molecule has 0 aliphatic heterocycles. The molecule has 0 unspecified atom stereocenters. The van der Waals surface area contributed by atoms with Crippen LogP contribution in [0.5, 0.6) is 0 Å². The van der Waals surface area contributed by atoms with Crippen molar-refractivity contribution in [3.8, 4) is 0 Å². The van der Waals surface area contributed by atoms with Gasteiger partial charge in [0.25, 0.3) is 0 Å². The number of ether oxygens (including phenoxy) is 1. The SMILES string of the molecule is CCCCCCOC(=O)NC1(CCCC)CCCCC1. The Labute approximate surface area is 124 Å². The van der Waals surface area contributed by atoms with Gasteiger partial charge in [0.15, 0.2) is 0 Å². The van der Waals surface area contributed by atoms with E-state index in [-0.39, 0.29) is 11.6 Å². The van der Waals surface area contributed by atoms with Crippen molar-refractivity contribution in [1.29, 1.82) is 0 Å². The third kappa shape index (κ3) is 6.62. The van der Waals surface area contributed by atoms with Gasteiger partial charge in [0.2, 0.25) is 0 Å². The zero-order valence-electron chi connectivity index (χ0n) is 13.5. The molecule has 0 aromatic rings. The number of hydrogen-bond acceptors (Lipinski definition) is 2. The van der Waals surface area contributed by atoms with Gasteiger partial charge in [-0.2, -0.15) is 0 Å². The predicted octanol–water partition coefficient (Wildman–Crippen LogP) is 5.19. The van der Waals surface area contributed by atoms with Crippen molar-refractivity contribution in [2.75, 3.05) is 6.61 Å². The quantitative estimate of drug-likeness (QED) is 0.592. The first-order valence-electron chi connectivity index (χ1n) is 8.67. The highest BCUT2D eigenvalue weighted by molar-refractivity contribution is 5.68. The van der Waals surface area contributed by atoms with Gasteiger partial charge in [-0.3, -0.25) is 0 Å². The van der Waals surface area contributed by atoms with Crippen LogP contribution in [-0.2, 0) is 4.74 Å². The molecule has 0 bridgehead atoms. The van der Waals surface area contributed by atoms with E-state index in [1.807, 2.05) is 0 Å². The van der Waals surface area contributed by atoms with Crippen molar-refractivity contribution in [2.24, 2.45) is 0 Å². The van der Waals surface area contributed by atoms with Crippen LogP contribution in [0.4, 0.5) is 4.79 Å². The minimum Gasteiger partial charge on any atom is -0.450 e. The summed E-state index contributed by atoms with van der Waals surface area (Å²) in [5.74, 6) is 0. The molecule has 0 atom stereocenters. The van der Waals surface area contributed by atoms with Crippen LogP contribution in [0, 0.1) is 0 Å². The van der Waals surface area contributed by atoms with Crippen molar-refractivity contribution in [3.63, 3.8) is 0 Å². The zero-order chi connectivity index (χ0) is 14.7. The van der Waals surface area contributed by atoms with Gasteiger partial charge < -0.3 is 10.1 Å². The molecule has 0 saturated heterocycles. The van der Waals surface area contributed by atoms with E-state index in [1.54, 1.807) is 0 Å². The van der Waals surface area contributed by atoms with Crippen LogP contribution >= 0.6 is 0 Å². The summed E-state index contributed by atoms with van der Waals surface area (Å²) in [6.07, 6.45) is 13.9. The summed E-state index contributed by atoms with van der Waals surface area (Å²) in [5.41, 5.74) is 0.0226. The standard InChI is InChI=1S/C17H33NO2/c1-3-5-7-11-15-20-16(19)18-17(12-6-4-2)13-9-8-10-14-17/h3-15H2,1-2H3,(H,18,19). The van der Waals surface area contributed by atoms with Crippen molar-refractivity contribution in [3.05, 3.63) is 0 Å². The smallest absolute Gasteiger partial charge is 0.407 e. The molecule has 0 aromatic carbocycles. The Morgan fingerprint density at radius 3 is 2.35 bits per heavy atom. The number of carbonyl (C=O) groups excluding carboxylic acids is 1. The normalized spacial score (nSPS) is 17.7. The van der Waals surface area contributed by atoms with Crippen LogP contribution < -0.4 is 5.32 Å². The largest absolute Gasteiger partial charge is 0.450 e. The van der Waals surface area contributed by atoms with E-state index < -0.39 is 0 Å². The molecule has 1 fully saturated rings. The molecule has 0 aromatic heterocycles. The van der Waals surface area contributed by atoms with E-state index in [2.05, 4.69) is 19.2 Å². The summed E-state index contributed by atoms with van der Waals surface area (Å²) in [5, 5.41) is 3.20. The highest BCUT2D eigenvalue weighted by Gasteiger charge is 2.33. The Morgan fingerprint density at radius 1 is 1.00 bits per heavy atom. The van der Waals surface area contributed by atoms with Gasteiger partial charge in [-0.05, 0) is 25.7 Å². The lowest BCUT2D eigenvalue weighted by atomic mass is 9.78. The van der Waals surface area contributed by atoms with Gasteiger partial charge in [0, 0.05) is 5.54 Å². The maximum Gasteiger partial charge on any atom is 0.407 e. The van der Waals surface area contributed by atoms with Crippen LogP contribution in [0.2, 0.25) is 0 Å². The lowest BCUT2D eigenvalue weighted by Gasteiger charge is -2.38. The van der Waals surface area contributed by atoms with Gasteiger partial charge in [0.05, 0.1) is 6.61 Å². The molecule has 1 aliphatic rings. The Balaban J connectivity index is 2.30. The predicted molar refractivity (Wildman–Crippen MR) is 84.0 cm³/mol. The van der Waals surface area contributed by atoms with Gasteiger partial charge in [-0.25, -0.2) is 4.79 Å². The first kappa shape index (κ1) is 17.3. The first-order valence-corrected chi connectivity index (χ1v) is 8.67. The van der Waals surface area contributed by atoms with E-state index in [0.717, 1.165) is 32.1 Å². The minimum absolute atomic E-state index is 0.0226. The lowest BCUT2D eigenvalue weighted by molar-refractivity contribution is 0.118. The molecule has 1 amide bonds. The number of carbonyl (C=O) groups is 1. The van der Waals surface area contributed by atoms with Gasteiger partial charge in [0.1, 0.15) is 0 Å². The Bertz CT molecular complexity index is 260. The monoisotopic (exact) mass is 283 g/mol. The third-order valence-electron chi connectivity index (χ3n) is 4.42. The molecule has 118 valence electrons. The molecule has 0 spiro atoms. The van der Waals surface area contributed by atoms with Crippen LogP contribution in [0.15, 0.2) is 0 Å². The van der Waals surface area contributed by atoms with Crippen molar-refractivity contribution < 1.29 is 9.53 Å². The van der Waals surface area contributed by atoms with Crippen LogP contribution in [-0.4, -0.2) is 18.2 Å². The molecular formula is C17H33NO2. The number of hydrogen-bond donors (Lipinski definition) is 1. The van der Waals surface area contributed by atoms with E-state index in [0.29, 0.717) is 6.61 Å². The molecule has 1 N–H and O–H groups in total. The number of nitrogens with one attached hydrogen (secondary N) is 1. The van der Waals surface area contributed by atoms with Crippen molar-refractivity contribution in [2.45, 2.75) is 96.4 Å². The van der Waals surface area contributed by atoms with Gasteiger partial charge >= 0.3 is 6.09 Å². The lowest BCUT2D eigenvalue weighted by Crippen LogP contribution is -2.50. The molecule has 0 heterocycles. The summed E-state index contributed by atoms with van der Waals surface area (Å²) in [7, 11) is 0. The van der Waals surface area contributed by atoms with E-state index in [9.17, 15) is 4.79 Å². The number of rotatable bonds is 9. The van der Waals surface area contributed by atoms with Crippen LogP contribution in [0.3, 0.4) is 0 Å². The van der Waals surface area contributed by atoms with Gasteiger partial charge in [-0.1, -0.05) is 65.2 Å². The van der Waals surface area contributed by atoms with Crippen molar-refractivity contribution in [1.82, 2.24) is 5.32 Å². The molecule has 1 saturated carbocycles. The Morgan fingerprint density at radius 2 is 1.70 bits per heavy atom. The molecular weight excluding hydrogens is 250 g/mol. The highest BCUT2D eigenvalue weighted by Crippen LogP contribution is 2.32. The summed E-state index contributed by atoms with van der Waals surface area (Å²) in [4.78, 5) is 12.0. The fourth-order valence-corrected chi connectivity index (χ4v) is 3.13. The summed E-state index contributed by atoms with van der Waals surface area (Å²) < 4.78 is 5.35. The molecule has 0 radical (unpaired) electrons. The second-order valence-electron chi connectivity index (χ2n) is 6.27. The van der Waals surface area contributed by atoms with Crippen molar-refractivity contribution >= 4 is 6.09 Å². The summed E-state index contributed by atoms with van der Waals surface area (Å²) in [6, 6.07) is 0. The molecule has 3 heteroatoms. The molecule has 1 aliphatic carbocycles. The minimum atomic E-state index is -0.195. The third-order valence-corrected chi connectivity index (χ3v) is 4.42. The van der Waals surface area contributed by atoms with Crippen LogP contribution in [0.25, 0.3) is 0 Å². The Kier molecular flexibility index (Phi) is 8.72. The summed E-state index contributed by atoms with van der Waals surface area (Å²) in [6.45, 7) is 4.96. The first-order chi connectivity index (χ1) is 9.72. The molecule has 20 heavy (non-hydrogen) atoms. The van der Waals surface area contributed by atoms with E-state index in [4.69, 9.17) is 4.74 Å². The van der Waals surface area contributed by atoms with Gasteiger partial charge in [-0.15, -0.1) is 0 Å². The fraction of sp³-hybridized carbons (Fsp3) is 0.941. The topological polar surface area (TPSA) is 38.3 Å². The second-order valence-corrected chi connectivity index (χ2v) is 6.27. The van der Waals surface area contributed by atoms with E-state index >= 15 is 0 Å². The average molecular weight is 283 g/mol. The number of unbranched alkanes of at least 4 members (excludes halogenated alkanes) is 4. The van der Waals surface area contributed by atoms with E-state index in [1.165, 1.54) is 44.9 Å². The average Bonchev–Trinajstić information content (AvgIpc) is 2.46. The summed E-state index contributed by atoms with van der Waals surface area (Å²) >= 11 is 0. The highest BCUT2D eigenvalue weighted by atomic mass is 16.5. The molecule has 1 rings (SSSR count). The fourth-order valence-electron chi connectivity index (χ4n) is 3.13. The van der Waals surface area contributed by atoms with Crippen LogP contribution in [0.1, 0.15) is 90.9 Å². The Hall–Kier alpha value is -0.730. The maximum atomic E-state index is 12.0. The zero-order valence-corrected chi connectivity index (χ0v) is 13.5. The number of alkyl carbamates (subject to hydrolysis) is 1. The maximum absolute atomic E-state index is 12.0. The second kappa shape index (κ2) is 10.1.